The summed E-state index contributed by atoms with van der Waals surface area (Å²) in [5.74, 6) is 2.63. The number of ether oxygens (including phenoxy) is 1. The van der Waals surface area contributed by atoms with Gasteiger partial charge in [-0.2, -0.15) is 9.97 Å². The van der Waals surface area contributed by atoms with E-state index in [9.17, 15) is 5.11 Å². The second kappa shape index (κ2) is 7.37. The van der Waals surface area contributed by atoms with Crippen molar-refractivity contribution in [3.8, 4) is 6.01 Å². The molecule has 0 bridgehead atoms. The van der Waals surface area contributed by atoms with Crippen LogP contribution in [0.4, 0.5) is 5.82 Å². The molecule has 27 heavy (non-hydrogen) atoms. The number of hydrogen-bond acceptors (Lipinski definition) is 9. The molecule has 1 atom stereocenters. The number of nitrogens with zero attached hydrogens (tertiary/aromatic N) is 6. The van der Waals surface area contributed by atoms with Gasteiger partial charge in [-0.3, -0.25) is 0 Å². The highest BCUT2D eigenvalue weighted by atomic mass is 32.1. The molecule has 1 unspecified atom stereocenters. The van der Waals surface area contributed by atoms with Gasteiger partial charge < -0.3 is 24.4 Å². The van der Waals surface area contributed by atoms with Gasteiger partial charge in [0.1, 0.15) is 29.2 Å². The monoisotopic (exact) mass is 390 g/mol. The Bertz CT molecular complexity index is 956. The van der Waals surface area contributed by atoms with Gasteiger partial charge in [0.05, 0.1) is 18.5 Å². The second-order valence-corrected chi connectivity index (χ2v) is 7.61. The molecule has 0 saturated heterocycles. The minimum atomic E-state index is -0.959. The Morgan fingerprint density at radius 3 is 2.93 bits per heavy atom. The Labute approximate surface area is 160 Å². The van der Waals surface area contributed by atoms with Crippen molar-refractivity contribution in [2.75, 3.05) is 24.7 Å². The fraction of sp³-hybridized carbons (Fsp3) is 0.529. The largest absolute Gasteiger partial charge is 0.461 e. The lowest BCUT2D eigenvalue weighted by Gasteiger charge is -2.29. The molecule has 1 aliphatic heterocycles. The van der Waals surface area contributed by atoms with Crippen LogP contribution in [0, 0.1) is 6.92 Å². The van der Waals surface area contributed by atoms with Gasteiger partial charge in [-0.25, -0.2) is 0 Å². The molecule has 10 heteroatoms. The average molecular weight is 390 g/mol. The molecule has 9 nitrogen and oxygen atoms in total. The molecular formula is C17H22N6O3S. The third-order valence-electron chi connectivity index (χ3n) is 4.60. The summed E-state index contributed by atoms with van der Waals surface area (Å²) >= 11 is 1.62. The van der Waals surface area contributed by atoms with E-state index in [0.29, 0.717) is 6.54 Å². The van der Waals surface area contributed by atoms with Gasteiger partial charge in [0.2, 0.25) is 0 Å². The lowest BCUT2D eigenvalue weighted by molar-refractivity contribution is 0.0506. The third kappa shape index (κ3) is 3.47. The molecule has 0 fully saturated rings. The number of hydrogen-bond donors (Lipinski definition) is 2. The van der Waals surface area contributed by atoms with Gasteiger partial charge in [0.25, 0.3) is 0 Å². The van der Waals surface area contributed by atoms with E-state index < -0.39 is 6.10 Å². The first-order valence-electron chi connectivity index (χ1n) is 8.94. The van der Waals surface area contributed by atoms with E-state index in [-0.39, 0.29) is 19.2 Å². The number of aromatic nitrogens is 5. The van der Waals surface area contributed by atoms with Crippen molar-refractivity contribution < 1.29 is 14.9 Å². The first-order chi connectivity index (χ1) is 13.1. The highest BCUT2D eigenvalue weighted by Gasteiger charge is 2.24. The van der Waals surface area contributed by atoms with Crippen LogP contribution in [-0.4, -0.2) is 60.8 Å². The number of thiophene rings is 1. The van der Waals surface area contributed by atoms with E-state index in [0.717, 1.165) is 47.2 Å². The van der Waals surface area contributed by atoms with E-state index in [1.54, 1.807) is 11.3 Å². The molecule has 0 saturated carbocycles. The minimum Gasteiger partial charge on any atom is -0.461 e. The van der Waals surface area contributed by atoms with Crippen molar-refractivity contribution in [3.63, 3.8) is 0 Å². The van der Waals surface area contributed by atoms with Gasteiger partial charge in [-0.05, 0) is 19.4 Å². The molecule has 4 rings (SSSR count). The van der Waals surface area contributed by atoms with Crippen molar-refractivity contribution in [1.29, 1.82) is 0 Å². The maximum atomic E-state index is 9.55. The van der Waals surface area contributed by atoms with Crippen LogP contribution in [-0.2, 0) is 19.5 Å². The Morgan fingerprint density at radius 2 is 2.15 bits per heavy atom. The summed E-state index contributed by atoms with van der Waals surface area (Å²) in [5.41, 5.74) is 0. The van der Waals surface area contributed by atoms with Gasteiger partial charge >= 0.3 is 6.01 Å². The zero-order chi connectivity index (χ0) is 19.0. The van der Waals surface area contributed by atoms with Crippen LogP contribution in [0.1, 0.15) is 23.4 Å². The number of anilines is 1. The number of fused-ring (bicyclic) bond motifs is 2. The van der Waals surface area contributed by atoms with Crippen LogP contribution >= 0.6 is 11.3 Å². The SMILES string of the molecule is CCc1cc2c(N3CCn4c(C)nnc4C3)nc(OCC(O)CO)nc2s1. The number of aryl methyl sites for hydroxylation is 2. The normalized spacial score (nSPS) is 15.2. The molecule has 4 heterocycles. The van der Waals surface area contributed by atoms with Crippen molar-refractivity contribution >= 4 is 27.4 Å². The van der Waals surface area contributed by atoms with Gasteiger partial charge in [0, 0.05) is 18.0 Å². The van der Waals surface area contributed by atoms with Gasteiger partial charge in [-0.15, -0.1) is 21.5 Å². The van der Waals surface area contributed by atoms with E-state index in [4.69, 9.17) is 9.84 Å². The molecule has 3 aromatic rings. The molecule has 0 spiro atoms. The molecule has 0 amide bonds. The van der Waals surface area contributed by atoms with Crippen molar-refractivity contribution in [3.05, 3.63) is 22.6 Å². The van der Waals surface area contributed by atoms with Crippen LogP contribution in [0.5, 0.6) is 6.01 Å². The van der Waals surface area contributed by atoms with E-state index >= 15 is 0 Å². The summed E-state index contributed by atoms with van der Waals surface area (Å²) < 4.78 is 7.65. The van der Waals surface area contributed by atoms with Gasteiger partial charge in [-0.1, -0.05) is 6.92 Å². The minimum absolute atomic E-state index is 0.0546. The molecule has 1 aliphatic rings. The van der Waals surface area contributed by atoms with Gasteiger partial charge in [0.15, 0.2) is 5.82 Å². The summed E-state index contributed by atoms with van der Waals surface area (Å²) in [7, 11) is 0. The Hall–Kier alpha value is -2.30. The molecule has 0 aromatic carbocycles. The Kier molecular flexibility index (Phi) is 4.94. The number of aliphatic hydroxyl groups is 2. The molecule has 3 aromatic heterocycles. The summed E-state index contributed by atoms with van der Waals surface area (Å²) in [6, 6.07) is 2.34. The number of aliphatic hydroxyl groups excluding tert-OH is 2. The summed E-state index contributed by atoms with van der Waals surface area (Å²) in [5, 5.41) is 28.0. The quantitative estimate of drug-likeness (QED) is 0.639. The summed E-state index contributed by atoms with van der Waals surface area (Å²) in [6.07, 6.45) is -0.0354. The standard InChI is InChI=1S/C17H22N6O3S/c1-3-12-6-13-15(22-4-5-23-10(2)20-21-14(23)7-22)18-17(19-16(13)27-12)26-9-11(25)8-24/h6,11,24-25H,3-5,7-9H2,1-2H3. The highest BCUT2D eigenvalue weighted by Crippen LogP contribution is 2.34. The maximum absolute atomic E-state index is 9.55. The number of rotatable bonds is 6. The van der Waals surface area contributed by atoms with Crippen molar-refractivity contribution in [1.82, 2.24) is 24.7 Å². The zero-order valence-corrected chi connectivity index (χ0v) is 16.1. The lowest BCUT2D eigenvalue weighted by atomic mass is 10.2. The molecule has 0 aliphatic carbocycles. The Balaban J connectivity index is 1.70. The van der Waals surface area contributed by atoms with Crippen LogP contribution in [0.2, 0.25) is 0 Å². The smallest absolute Gasteiger partial charge is 0.319 e. The zero-order valence-electron chi connectivity index (χ0n) is 15.3. The summed E-state index contributed by atoms with van der Waals surface area (Å²) in [4.78, 5) is 13.3. The first-order valence-corrected chi connectivity index (χ1v) is 9.76. The lowest BCUT2D eigenvalue weighted by Crippen LogP contribution is -2.35. The fourth-order valence-corrected chi connectivity index (χ4v) is 4.08. The topological polar surface area (TPSA) is 109 Å². The summed E-state index contributed by atoms with van der Waals surface area (Å²) in [6.45, 7) is 5.84. The molecule has 144 valence electrons. The highest BCUT2D eigenvalue weighted by molar-refractivity contribution is 7.18. The first kappa shape index (κ1) is 18.1. The fourth-order valence-electron chi connectivity index (χ4n) is 3.12. The maximum Gasteiger partial charge on any atom is 0.319 e. The van der Waals surface area contributed by atoms with Crippen LogP contribution in [0.25, 0.3) is 10.2 Å². The second-order valence-electron chi connectivity index (χ2n) is 6.50. The van der Waals surface area contributed by atoms with Crippen LogP contribution < -0.4 is 9.64 Å². The molecule has 2 N–H and O–H groups in total. The molecule has 0 radical (unpaired) electrons. The van der Waals surface area contributed by atoms with E-state index in [1.165, 1.54) is 4.88 Å². The van der Waals surface area contributed by atoms with Crippen LogP contribution in [0.3, 0.4) is 0 Å². The average Bonchev–Trinajstić information content (AvgIpc) is 3.28. The van der Waals surface area contributed by atoms with Crippen molar-refractivity contribution in [2.24, 2.45) is 0 Å². The van der Waals surface area contributed by atoms with E-state index in [1.807, 2.05) is 6.92 Å². The Morgan fingerprint density at radius 1 is 1.30 bits per heavy atom. The molecular weight excluding hydrogens is 368 g/mol. The third-order valence-corrected chi connectivity index (χ3v) is 5.78. The van der Waals surface area contributed by atoms with E-state index in [2.05, 4.69) is 42.6 Å². The predicted molar refractivity (Wildman–Crippen MR) is 101 cm³/mol. The van der Waals surface area contributed by atoms with Crippen LogP contribution in [0.15, 0.2) is 6.07 Å². The predicted octanol–water partition coefficient (Wildman–Crippen LogP) is 0.906. The van der Waals surface area contributed by atoms with Crippen molar-refractivity contribution in [2.45, 2.75) is 39.5 Å².